The van der Waals surface area contributed by atoms with Crippen molar-refractivity contribution in [2.75, 3.05) is 17.3 Å². The molecular formula is C32H25BrN6O. The van der Waals surface area contributed by atoms with Gasteiger partial charge in [0.25, 0.3) is 0 Å². The zero-order valence-corrected chi connectivity index (χ0v) is 23.5. The number of aliphatic imine (C=N–C) groups is 2. The molecule has 2 aliphatic rings. The molecule has 0 unspecified atom stereocenters. The Bertz CT molecular complexity index is 1810. The van der Waals surface area contributed by atoms with Gasteiger partial charge < -0.3 is 15.0 Å². The van der Waals surface area contributed by atoms with Crippen LogP contribution in [-0.2, 0) is 0 Å². The van der Waals surface area contributed by atoms with Crippen LogP contribution in [0.15, 0.2) is 118 Å². The molecule has 0 saturated carbocycles. The summed E-state index contributed by atoms with van der Waals surface area (Å²) in [6.45, 7) is 2.06. The summed E-state index contributed by atoms with van der Waals surface area (Å²) in [6, 6.07) is 34.4. The van der Waals surface area contributed by atoms with Gasteiger partial charge in [0.1, 0.15) is 5.75 Å². The van der Waals surface area contributed by atoms with Gasteiger partial charge in [-0.1, -0.05) is 70.5 Å². The van der Waals surface area contributed by atoms with Gasteiger partial charge in [-0.2, -0.15) is 5.10 Å². The van der Waals surface area contributed by atoms with E-state index in [1.54, 1.807) is 7.11 Å². The Labute approximate surface area is 240 Å². The summed E-state index contributed by atoms with van der Waals surface area (Å²) in [5.74, 6) is 2.85. The van der Waals surface area contributed by atoms with Gasteiger partial charge in [-0.25, -0.2) is 14.7 Å². The van der Waals surface area contributed by atoms with Crippen LogP contribution in [0.1, 0.15) is 22.9 Å². The SMILES string of the molecule is COc1ccccc1NC1=Nc2ccccc2N2C1=Nc1c(c(C)nn1-c1ccccc1)[C@H]2c1cccc(Br)c1. The first-order chi connectivity index (χ1) is 19.6. The minimum absolute atomic E-state index is 0.191. The van der Waals surface area contributed by atoms with Crippen LogP contribution >= 0.6 is 15.9 Å². The third kappa shape index (κ3) is 3.99. The molecule has 7 rings (SSSR count). The molecule has 3 heterocycles. The number of nitrogens with one attached hydrogen (secondary N) is 1. The van der Waals surface area contributed by atoms with Crippen LogP contribution < -0.4 is 15.0 Å². The van der Waals surface area contributed by atoms with Gasteiger partial charge in [-0.05, 0) is 61.0 Å². The van der Waals surface area contributed by atoms with Crippen molar-refractivity contribution >= 4 is 50.5 Å². The van der Waals surface area contributed by atoms with Gasteiger partial charge in [0.2, 0.25) is 0 Å². The number of fused-ring (bicyclic) bond motifs is 4. The highest BCUT2D eigenvalue weighted by Crippen LogP contribution is 2.48. The molecule has 0 fully saturated rings. The summed E-state index contributed by atoms with van der Waals surface area (Å²) in [7, 11) is 1.67. The van der Waals surface area contributed by atoms with E-state index in [1.807, 2.05) is 83.5 Å². The number of hydrogen-bond acceptors (Lipinski definition) is 6. The third-order valence-electron chi connectivity index (χ3n) is 7.16. The van der Waals surface area contributed by atoms with Gasteiger partial charge in [-0.15, -0.1) is 0 Å². The highest BCUT2D eigenvalue weighted by molar-refractivity contribution is 9.10. The zero-order valence-electron chi connectivity index (χ0n) is 21.9. The van der Waals surface area contributed by atoms with Crippen LogP contribution in [-0.4, -0.2) is 28.6 Å². The lowest BCUT2D eigenvalue weighted by molar-refractivity contribution is 0.417. The average molecular weight is 589 g/mol. The van der Waals surface area contributed by atoms with E-state index in [-0.39, 0.29) is 6.04 Å². The Morgan fingerprint density at radius 1 is 0.850 bits per heavy atom. The number of halogens is 1. The molecule has 40 heavy (non-hydrogen) atoms. The predicted octanol–water partition coefficient (Wildman–Crippen LogP) is 7.75. The largest absolute Gasteiger partial charge is 0.495 e. The number of benzene rings is 4. The first-order valence-corrected chi connectivity index (χ1v) is 13.8. The van der Waals surface area contributed by atoms with Crippen molar-refractivity contribution in [3.63, 3.8) is 0 Å². The molecule has 0 spiro atoms. The van der Waals surface area contributed by atoms with Crippen LogP contribution in [0.4, 0.5) is 22.9 Å². The van der Waals surface area contributed by atoms with Crippen molar-refractivity contribution < 1.29 is 4.74 Å². The lowest BCUT2D eigenvalue weighted by atomic mass is 9.93. The van der Waals surface area contributed by atoms with E-state index in [4.69, 9.17) is 19.8 Å². The molecule has 0 aliphatic carbocycles. The number of ether oxygens (including phenoxy) is 1. The number of amidine groups is 2. The molecular weight excluding hydrogens is 564 g/mol. The summed E-state index contributed by atoms with van der Waals surface area (Å²) >= 11 is 3.70. The first-order valence-electron chi connectivity index (χ1n) is 13.0. The van der Waals surface area contributed by atoms with Crippen LogP contribution in [0.2, 0.25) is 0 Å². The van der Waals surface area contributed by atoms with E-state index in [0.29, 0.717) is 11.7 Å². The molecule has 1 aromatic heterocycles. The molecule has 2 aliphatic heterocycles. The van der Waals surface area contributed by atoms with Gasteiger partial charge in [-0.3, -0.25) is 0 Å². The molecule has 4 aromatic carbocycles. The average Bonchev–Trinajstić information content (AvgIpc) is 3.32. The Kier molecular flexibility index (Phi) is 5.97. The molecule has 196 valence electrons. The summed E-state index contributed by atoms with van der Waals surface area (Å²) in [5, 5.41) is 8.54. The van der Waals surface area contributed by atoms with Gasteiger partial charge in [0, 0.05) is 10.0 Å². The Morgan fingerprint density at radius 3 is 2.45 bits per heavy atom. The summed E-state index contributed by atoms with van der Waals surface area (Å²) in [5.41, 5.74) is 6.69. The topological polar surface area (TPSA) is 67.0 Å². The minimum atomic E-state index is -0.191. The van der Waals surface area contributed by atoms with Crippen LogP contribution in [0, 0.1) is 6.92 Å². The second-order valence-corrected chi connectivity index (χ2v) is 10.5. The number of anilines is 2. The third-order valence-corrected chi connectivity index (χ3v) is 7.66. The van der Waals surface area contributed by atoms with Crippen LogP contribution in [0.5, 0.6) is 5.75 Å². The number of para-hydroxylation sites is 5. The highest BCUT2D eigenvalue weighted by atomic mass is 79.9. The van der Waals surface area contributed by atoms with E-state index in [0.717, 1.165) is 55.6 Å². The van der Waals surface area contributed by atoms with E-state index < -0.39 is 0 Å². The maximum Gasteiger partial charge on any atom is 0.179 e. The number of hydrogen-bond donors (Lipinski definition) is 1. The Balaban J connectivity index is 1.51. The van der Waals surface area contributed by atoms with Gasteiger partial charge in [0.15, 0.2) is 17.5 Å². The van der Waals surface area contributed by atoms with Crippen LogP contribution in [0.3, 0.4) is 0 Å². The Morgan fingerprint density at radius 2 is 1.62 bits per heavy atom. The van der Waals surface area contributed by atoms with Crippen molar-refractivity contribution in [2.45, 2.75) is 13.0 Å². The van der Waals surface area contributed by atoms with E-state index in [9.17, 15) is 0 Å². The van der Waals surface area contributed by atoms with Crippen LogP contribution in [0.25, 0.3) is 5.69 Å². The molecule has 0 saturated heterocycles. The van der Waals surface area contributed by atoms with Crippen molar-refractivity contribution in [3.8, 4) is 11.4 Å². The van der Waals surface area contributed by atoms with Crippen molar-refractivity contribution in [1.82, 2.24) is 9.78 Å². The fourth-order valence-electron chi connectivity index (χ4n) is 5.41. The summed E-state index contributed by atoms with van der Waals surface area (Å²) < 4.78 is 8.58. The predicted molar refractivity (Wildman–Crippen MR) is 164 cm³/mol. The molecule has 1 N–H and O–H groups in total. The molecule has 7 nitrogen and oxygen atoms in total. The highest BCUT2D eigenvalue weighted by Gasteiger charge is 2.41. The maximum absolute atomic E-state index is 5.64. The second-order valence-electron chi connectivity index (χ2n) is 9.61. The van der Waals surface area contributed by atoms with Gasteiger partial charge in [0.05, 0.1) is 41.6 Å². The number of methoxy groups -OCH3 is 1. The van der Waals surface area contributed by atoms with Crippen molar-refractivity contribution in [2.24, 2.45) is 9.98 Å². The molecule has 0 bridgehead atoms. The number of nitrogens with zero attached hydrogens (tertiary/aromatic N) is 5. The molecule has 0 amide bonds. The number of rotatable bonds is 4. The molecule has 5 aromatic rings. The number of aryl methyl sites for hydroxylation is 1. The summed E-state index contributed by atoms with van der Waals surface area (Å²) in [4.78, 5) is 12.6. The van der Waals surface area contributed by atoms with Crippen molar-refractivity contribution in [3.05, 3.63) is 124 Å². The smallest absolute Gasteiger partial charge is 0.179 e. The second kappa shape index (κ2) is 9.81. The molecule has 1 atom stereocenters. The first kappa shape index (κ1) is 24.4. The quantitative estimate of drug-likeness (QED) is 0.233. The standard InChI is InChI=1S/C32H25BrN6O/c1-20-28-29(21-11-10-12-22(33)19-21)38-26-17-8-6-15-24(26)34-30(35-25-16-7-9-18-27(25)40-2)32(38)36-31(28)39(37-20)23-13-4-3-5-14-23/h3-19,29H,1-2H3,(H,34,35)/t29-/m1/s1. The lowest BCUT2D eigenvalue weighted by Gasteiger charge is -2.40. The minimum Gasteiger partial charge on any atom is -0.495 e. The fourth-order valence-corrected chi connectivity index (χ4v) is 5.83. The number of aromatic nitrogens is 2. The Hall–Kier alpha value is -4.69. The molecule has 0 radical (unpaired) electrons. The maximum atomic E-state index is 5.64. The van der Waals surface area contributed by atoms with Gasteiger partial charge >= 0.3 is 0 Å². The summed E-state index contributed by atoms with van der Waals surface area (Å²) in [6.07, 6.45) is 0. The van der Waals surface area contributed by atoms with Crippen molar-refractivity contribution in [1.29, 1.82) is 0 Å². The zero-order chi connectivity index (χ0) is 27.2. The van der Waals surface area contributed by atoms with E-state index in [2.05, 4.69) is 57.3 Å². The van der Waals surface area contributed by atoms with E-state index in [1.165, 1.54) is 0 Å². The fraction of sp³-hybridized carbons (Fsp3) is 0.0938. The normalized spacial score (nSPS) is 15.4. The lowest BCUT2D eigenvalue weighted by Crippen LogP contribution is -2.46. The molecule has 8 heteroatoms. The monoisotopic (exact) mass is 588 g/mol. The van der Waals surface area contributed by atoms with E-state index >= 15 is 0 Å².